The molecule has 0 aliphatic heterocycles. The number of hydrogen-bond donors (Lipinski definition) is 2. The second-order valence-electron chi connectivity index (χ2n) is 5.01. The zero-order valence-corrected chi connectivity index (χ0v) is 12.9. The fourth-order valence-electron chi connectivity index (χ4n) is 1.87. The van der Waals surface area contributed by atoms with Crippen LogP contribution in [0.25, 0.3) is 0 Å². The molecule has 0 radical (unpaired) electrons. The Morgan fingerprint density at radius 1 is 1.40 bits per heavy atom. The molecular weight excluding hydrogens is 276 g/mol. The fourth-order valence-corrected chi connectivity index (χ4v) is 2.62. The topological polar surface area (TPSA) is 69.6 Å². The third-order valence-corrected chi connectivity index (χ3v) is 3.76. The van der Waals surface area contributed by atoms with Gasteiger partial charge < -0.3 is 15.3 Å². The first-order valence-electron chi connectivity index (χ1n) is 6.72. The Labute approximate surface area is 123 Å². The van der Waals surface area contributed by atoms with Gasteiger partial charge in [0.1, 0.15) is 0 Å². The van der Waals surface area contributed by atoms with E-state index in [0.29, 0.717) is 13.0 Å². The minimum atomic E-state index is -0.833. The number of amides is 2. The number of hydrogen-bond acceptors (Lipinski definition) is 3. The minimum absolute atomic E-state index is 0.0402. The predicted octanol–water partition coefficient (Wildman–Crippen LogP) is 3.09. The highest BCUT2D eigenvalue weighted by atomic mass is 32.1. The van der Waals surface area contributed by atoms with Gasteiger partial charge in [-0.25, -0.2) is 4.79 Å². The van der Waals surface area contributed by atoms with Crippen LogP contribution >= 0.6 is 11.3 Å². The van der Waals surface area contributed by atoms with Crippen molar-refractivity contribution in [3.05, 3.63) is 22.4 Å². The van der Waals surface area contributed by atoms with E-state index in [9.17, 15) is 9.59 Å². The van der Waals surface area contributed by atoms with E-state index in [1.165, 1.54) is 0 Å². The maximum absolute atomic E-state index is 12.2. The van der Waals surface area contributed by atoms with Crippen LogP contribution < -0.4 is 5.32 Å². The summed E-state index contributed by atoms with van der Waals surface area (Å²) in [5.41, 5.74) is 1.08. The van der Waals surface area contributed by atoms with Crippen LogP contribution in [0.2, 0.25) is 0 Å². The van der Waals surface area contributed by atoms with Crippen LogP contribution in [0.3, 0.4) is 0 Å². The average Bonchev–Trinajstić information content (AvgIpc) is 2.87. The summed E-state index contributed by atoms with van der Waals surface area (Å²) < 4.78 is 0. The van der Waals surface area contributed by atoms with Crippen LogP contribution in [-0.4, -0.2) is 34.6 Å². The number of rotatable bonds is 7. The summed E-state index contributed by atoms with van der Waals surface area (Å²) in [6.45, 7) is 6.24. The van der Waals surface area contributed by atoms with E-state index in [-0.39, 0.29) is 24.5 Å². The van der Waals surface area contributed by atoms with Crippen molar-refractivity contribution in [2.45, 2.75) is 45.7 Å². The van der Waals surface area contributed by atoms with Crippen molar-refractivity contribution in [3.8, 4) is 0 Å². The molecule has 0 aromatic carbocycles. The molecule has 112 valence electrons. The fraction of sp³-hybridized carbons (Fsp3) is 0.571. The first kappa shape index (κ1) is 16.5. The van der Waals surface area contributed by atoms with Gasteiger partial charge in [-0.1, -0.05) is 0 Å². The number of carbonyl (C=O) groups is 2. The molecule has 1 atom stereocenters. The molecule has 6 heteroatoms. The van der Waals surface area contributed by atoms with Gasteiger partial charge in [-0.05, 0) is 49.6 Å². The van der Waals surface area contributed by atoms with Crippen molar-refractivity contribution < 1.29 is 14.7 Å². The molecule has 1 unspecified atom stereocenters. The quantitative estimate of drug-likeness (QED) is 0.812. The number of nitrogens with one attached hydrogen (secondary N) is 1. The second-order valence-corrected chi connectivity index (χ2v) is 5.79. The molecular formula is C14H22N2O3S. The molecule has 0 spiro atoms. The zero-order valence-electron chi connectivity index (χ0n) is 12.1. The van der Waals surface area contributed by atoms with Crippen LogP contribution in [0.1, 0.15) is 45.2 Å². The molecule has 1 aromatic heterocycles. The lowest BCUT2D eigenvalue weighted by Gasteiger charge is -2.28. The molecule has 0 saturated heterocycles. The molecule has 5 nitrogen and oxygen atoms in total. The summed E-state index contributed by atoms with van der Waals surface area (Å²) >= 11 is 1.60. The standard InChI is InChI=1S/C14H22N2O3S/c1-10(2)16(7-4-5-13(17)18)14(19)15-11(3)12-6-8-20-9-12/h6,8-11H,4-5,7H2,1-3H3,(H,15,19)(H,17,18). The van der Waals surface area contributed by atoms with Crippen LogP contribution in [0.5, 0.6) is 0 Å². The molecule has 20 heavy (non-hydrogen) atoms. The Morgan fingerprint density at radius 2 is 2.10 bits per heavy atom. The van der Waals surface area contributed by atoms with Crippen molar-refractivity contribution >= 4 is 23.3 Å². The van der Waals surface area contributed by atoms with Crippen molar-refractivity contribution in [1.29, 1.82) is 0 Å². The van der Waals surface area contributed by atoms with Gasteiger partial charge in [0.2, 0.25) is 0 Å². The van der Waals surface area contributed by atoms with Gasteiger partial charge in [-0.2, -0.15) is 11.3 Å². The monoisotopic (exact) mass is 298 g/mol. The smallest absolute Gasteiger partial charge is 0.318 e. The number of carbonyl (C=O) groups excluding carboxylic acids is 1. The molecule has 2 N–H and O–H groups in total. The number of carboxylic acid groups (broad SMARTS) is 1. The molecule has 0 fully saturated rings. The van der Waals surface area contributed by atoms with Gasteiger partial charge in [0, 0.05) is 19.0 Å². The van der Waals surface area contributed by atoms with Gasteiger partial charge in [0.15, 0.2) is 0 Å². The molecule has 0 bridgehead atoms. The van der Waals surface area contributed by atoms with Gasteiger partial charge in [-0.15, -0.1) is 0 Å². The van der Waals surface area contributed by atoms with Crippen LogP contribution in [0, 0.1) is 0 Å². The first-order chi connectivity index (χ1) is 9.41. The molecule has 2 amide bonds. The van der Waals surface area contributed by atoms with E-state index >= 15 is 0 Å². The van der Waals surface area contributed by atoms with E-state index in [1.54, 1.807) is 16.2 Å². The van der Waals surface area contributed by atoms with E-state index in [2.05, 4.69) is 5.32 Å². The number of carboxylic acids is 1. The predicted molar refractivity (Wildman–Crippen MR) is 80.0 cm³/mol. The molecule has 0 saturated carbocycles. The van der Waals surface area contributed by atoms with Crippen molar-refractivity contribution in [2.24, 2.45) is 0 Å². The zero-order chi connectivity index (χ0) is 15.1. The Hall–Kier alpha value is -1.56. The van der Waals surface area contributed by atoms with Gasteiger partial charge in [0.05, 0.1) is 6.04 Å². The summed E-state index contributed by atoms with van der Waals surface area (Å²) in [5.74, 6) is -0.833. The van der Waals surface area contributed by atoms with Gasteiger partial charge in [0.25, 0.3) is 0 Å². The molecule has 0 aliphatic carbocycles. The Kier molecular flexibility index (Phi) is 6.51. The van der Waals surface area contributed by atoms with Crippen molar-refractivity contribution in [2.75, 3.05) is 6.54 Å². The molecule has 1 rings (SSSR count). The van der Waals surface area contributed by atoms with E-state index in [4.69, 9.17) is 5.11 Å². The highest BCUT2D eigenvalue weighted by Crippen LogP contribution is 2.16. The van der Waals surface area contributed by atoms with Crippen LogP contribution in [0.15, 0.2) is 16.8 Å². The summed E-state index contributed by atoms with van der Waals surface area (Å²) in [6.07, 6.45) is 0.546. The van der Waals surface area contributed by atoms with Crippen LogP contribution in [-0.2, 0) is 4.79 Å². The molecule has 1 aromatic rings. The summed E-state index contributed by atoms with van der Waals surface area (Å²) in [6, 6.07) is 1.83. The molecule has 1 heterocycles. The normalized spacial score (nSPS) is 12.2. The summed E-state index contributed by atoms with van der Waals surface area (Å²) in [5, 5.41) is 15.6. The van der Waals surface area contributed by atoms with Crippen molar-refractivity contribution in [3.63, 3.8) is 0 Å². The van der Waals surface area contributed by atoms with Gasteiger partial charge in [-0.3, -0.25) is 4.79 Å². The van der Waals surface area contributed by atoms with E-state index in [1.807, 2.05) is 37.6 Å². The third kappa shape index (κ3) is 5.21. The summed E-state index contributed by atoms with van der Waals surface area (Å²) in [7, 11) is 0. The lowest BCUT2D eigenvalue weighted by atomic mass is 10.2. The maximum atomic E-state index is 12.2. The Balaban J connectivity index is 2.53. The Bertz CT molecular complexity index is 432. The van der Waals surface area contributed by atoms with Gasteiger partial charge >= 0.3 is 12.0 Å². The first-order valence-corrected chi connectivity index (χ1v) is 7.67. The molecule has 0 aliphatic rings. The minimum Gasteiger partial charge on any atom is -0.481 e. The van der Waals surface area contributed by atoms with E-state index in [0.717, 1.165) is 5.56 Å². The van der Waals surface area contributed by atoms with Crippen molar-refractivity contribution in [1.82, 2.24) is 10.2 Å². The highest BCUT2D eigenvalue weighted by molar-refractivity contribution is 7.07. The van der Waals surface area contributed by atoms with Crippen LogP contribution in [0.4, 0.5) is 4.79 Å². The third-order valence-electron chi connectivity index (χ3n) is 3.06. The second kappa shape index (κ2) is 7.89. The Morgan fingerprint density at radius 3 is 2.60 bits per heavy atom. The number of thiophene rings is 1. The average molecular weight is 298 g/mol. The lowest BCUT2D eigenvalue weighted by Crippen LogP contribution is -2.45. The largest absolute Gasteiger partial charge is 0.481 e. The summed E-state index contributed by atoms with van der Waals surface area (Å²) in [4.78, 5) is 24.4. The number of urea groups is 1. The SMILES string of the molecule is CC(NC(=O)N(CCCC(=O)O)C(C)C)c1ccsc1. The number of aliphatic carboxylic acids is 1. The lowest BCUT2D eigenvalue weighted by molar-refractivity contribution is -0.137. The highest BCUT2D eigenvalue weighted by Gasteiger charge is 2.19. The maximum Gasteiger partial charge on any atom is 0.318 e. The van der Waals surface area contributed by atoms with E-state index < -0.39 is 5.97 Å². The number of nitrogens with zero attached hydrogens (tertiary/aromatic N) is 1.